The predicted octanol–water partition coefficient (Wildman–Crippen LogP) is 1.05. The number of rotatable bonds is 4. The quantitative estimate of drug-likeness (QED) is 0.798. The Morgan fingerprint density at radius 2 is 2.38 bits per heavy atom. The van der Waals surface area contributed by atoms with Crippen LogP contribution in [0.25, 0.3) is 0 Å². The highest BCUT2D eigenvalue weighted by Gasteiger charge is 2.23. The van der Waals surface area contributed by atoms with Gasteiger partial charge >= 0.3 is 5.97 Å². The summed E-state index contributed by atoms with van der Waals surface area (Å²) < 4.78 is 5.68. The molecule has 16 heavy (non-hydrogen) atoms. The van der Waals surface area contributed by atoms with Crippen LogP contribution in [0.2, 0.25) is 0 Å². The zero-order valence-corrected chi connectivity index (χ0v) is 9.14. The third-order valence-corrected chi connectivity index (χ3v) is 2.74. The third kappa shape index (κ3) is 2.33. The van der Waals surface area contributed by atoms with Crippen molar-refractivity contribution in [2.45, 2.75) is 25.5 Å². The average Bonchev–Trinajstić information content (AvgIpc) is 2.68. The van der Waals surface area contributed by atoms with Gasteiger partial charge in [0.15, 0.2) is 0 Å². The summed E-state index contributed by atoms with van der Waals surface area (Å²) in [4.78, 5) is 10.6. The smallest absolute Gasteiger partial charge is 0.320 e. The number of aliphatic carboxylic acids is 1. The van der Waals surface area contributed by atoms with Crippen LogP contribution in [0.5, 0.6) is 5.75 Å². The van der Waals surface area contributed by atoms with Gasteiger partial charge in [-0.05, 0) is 18.6 Å². The van der Waals surface area contributed by atoms with Gasteiger partial charge in [0.1, 0.15) is 17.9 Å². The second-order valence-electron chi connectivity index (χ2n) is 4.02. The molecule has 1 aliphatic rings. The van der Waals surface area contributed by atoms with Crippen molar-refractivity contribution in [3.05, 3.63) is 29.8 Å². The number of hydrogen-bond acceptors (Lipinski definition) is 3. The zero-order valence-electron chi connectivity index (χ0n) is 9.14. The molecule has 1 unspecified atom stereocenters. The van der Waals surface area contributed by atoms with Crippen LogP contribution < -0.4 is 10.1 Å². The zero-order chi connectivity index (χ0) is 11.5. The van der Waals surface area contributed by atoms with Gasteiger partial charge in [0.2, 0.25) is 0 Å². The lowest BCUT2D eigenvalue weighted by Gasteiger charge is -2.14. The monoisotopic (exact) mass is 221 g/mol. The number of benzene rings is 1. The molecule has 0 amide bonds. The molecule has 0 saturated heterocycles. The molecule has 4 nitrogen and oxygen atoms in total. The molecule has 4 heteroatoms. The van der Waals surface area contributed by atoms with E-state index in [-0.39, 0.29) is 6.10 Å². The summed E-state index contributed by atoms with van der Waals surface area (Å²) in [5.74, 6) is 0.0767. The maximum absolute atomic E-state index is 10.6. The minimum Gasteiger partial charge on any atom is -0.488 e. The van der Waals surface area contributed by atoms with Crippen molar-refractivity contribution in [2.24, 2.45) is 0 Å². The Bertz CT molecular complexity index is 367. The van der Waals surface area contributed by atoms with Crippen LogP contribution in [0.4, 0.5) is 0 Å². The molecule has 0 bridgehead atoms. The highest BCUT2D eigenvalue weighted by Crippen LogP contribution is 2.27. The van der Waals surface area contributed by atoms with Gasteiger partial charge in [-0.1, -0.05) is 18.2 Å². The van der Waals surface area contributed by atoms with E-state index >= 15 is 0 Å². The molecule has 0 saturated carbocycles. The minimum atomic E-state index is -0.837. The highest BCUT2D eigenvalue weighted by molar-refractivity contribution is 5.72. The van der Waals surface area contributed by atoms with Crippen LogP contribution in [0, 0.1) is 0 Å². The van der Waals surface area contributed by atoms with Crippen molar-refractivity contribution >= 4 is 5.97 Å². The van der Waals surface area contributed by atoms with Gasteiger partial charge in [-0.25, -0.2) is 0 Å². The van der Waals surface area contributed by atoms with Crippen LogP contribution in [0.15, 0.2) is 24.3 Å². The van der Waals surface area contributed by atoms with Gasteiger partial charge in [-0.3, -0.25) is 4.79 Å². The number of hydrogen-bond donors (Lipinski definition) is 2. The maximum Gasteiger partial charge on any atom is 0.320 e. The molecule has 2 rings (SSSR count). The lowest BCUT2D eigenvalue weighted by atomic mass is 10.1. The average molecular weight is 221 g/mol. The largest absolute Gasteiger partial charge is 0.488 e. The van der Waals surface area contributed by atoms with E-state index in [1.807, 2.05) is 24.3 Å². The van der Waals surface area contributed by atoms with E-state index in [4.69, 9.17) is 9.84 Å². The maximum atomic E-state index is 10.6. The predicted molar refractivity (Wildman–Crippen MR) is 59.7 cm³/mol. The number of carboxylic acids is 1. The first-order valence-corrected chi connectivity index (χ1v) is 5.37. The fourth-order valence-corrected chi connectivity index (χ4v) is 1.76. The number of fused-ring (bicyclic) bond motifs is 1. The first-order chi connectivity index (χ1) is 7.66. The summed E-state index contributed by atoms with van der Waals surface area (Å²) in [7, 11) is 0. The Balaban J connectivity index is 1.86. The summed E-state index contributed by atoms with van der Waals surface area (Å²) in [6.07, 6.45) is 0.884. The molecule has 1 heterocycles. The normalized spacial score (nSPS) is 19.9. The van der Waals surface area contributed by atoms with Crippen molar-refractivity contribution < 1.29 is 14.6 Å². The van der Waals surface area contributed by atoms with Gasteiger partial charge in [-0.2, -0.15) is 0 Å². The summed E-state index contributed by atoms with van der Waals surface area (Å²) in [6.45, 7) is 2.19. The number of nitrogens with one attached hydrogen (secondary N) is 1. The lowest BCUT2D eigenvalue weighted by molar-refractivity contribution is -0.139. The topological polar surface area (TPSA) is 58.6 Å². The van der Waals surface area contributed by atoms with Crippen LogP contribution >= 0.6 is 0 Å². The standard InChI is InChI=1S/C12H15NO3/c1-8(12(14)15)13-7-10-6-9-4-2-3-5-11(9)16-10/h2-5,8,10,13H,6-7H2,1H3,(H,14,15)/t8-,10?/m1/s1. The SMILES string of the molecule is C[C@@H](NCC1Cc2ccccc2O1)C(=O)O. The molecular formula is C12H15NO3. The van der Waals surface area contributed by atoms with Gasteiger partial charge < -0.3 is 15.2 Å². The Morgan fingerprint density at radius 3 is 3.06 bits per heavy atom. The summed E-state index contributed by atoms with van der Waals surface area (Å²) in [6, 6.07) is 7.37. The lowest BCUT2D eigenvalue weighted by Crippen LogP contribution is -2.40. The number of carboxylic acid groups (broad SMARTS) is 1. The molecule has 1 aromatic rings. The van der Waals surface area contributed by atoms with Crippen molar-refractivity contribution in [1.29, 1.82) is 0 Å². The van der Waals surface area contributed by atoms with Crippen LogP contribution in [0.3, 0.4) is 0 Å². The molecule has 0 aromatic heterocycles. The fraction of sp³-hybridized carbons (Fsp3) is 0.417. The Kier molecular flexibility index (Phi) is 3.10. The number of para-hydroxylation sites is 1. The van der Waals surface area contributed by atoms with Gasteiger partial charge in [-0.15, -0.1) is 0 Å². The number of carbonyl (C=O) groups is 1. The molecule has 0 fully saturated rings. The Morgan fingerprint density at radius 1 is 1.62 bits per heavy atom. The number of ether oxygens (including phenoxy) is 1. The van der Waals surface area contributed by atoms with Crippen molar-refractivity contribution in [2.75, 3.05) is 6.54 Å². The molecular weight excluding hydrogens is 206 g/mol. The molecule has 86 valence electrons. The fourth-order valence-electron chi connectivity index (χ4n) is 1.76. The van der Waals surface area contributed by atoms with Crippen LogP contribution in [-0.2, 0) is 11.2 Å². The van der Waals surface area contributed by atoms with Gasteiger partial charge in [0, 0.05) is 13.0 Å². The van der Waals surface area contributed by atoms with Crippen LogP contribution in [0.1, 0.15) is 12.5 Å². The molecule has 0 spiro atoms. The van der Waals surface area contributed by atoms with E-state index in [9.17, 15) is 4.79 Å². The molecule has 0 aliphatic carbocycles. The van der Waals surface area contributed by atoms with E-state index in [2.05, 4.69) is 5.32 Å². The Labute approximate surface area is 94.2 Å². The molecule has 1 aliphatic heterocycles. The molecule has 2 atom stereocenters. The second kappa shape index (κ2) is 4.53. The highest BCUT2D eigenvalue weighted by atomic mass is 16.5. The third-order valence-electron chi connectivity index (χ3n) is 2.74. The molecule has 1 aromatic carbocycles. The first-order valence-electron chi connectivity index (χ1n) is 5.37. The first kappa shape index (κ1) is 11.0. The van der Waals surface area contributed by atoms with E-state index < -0.39 is 12.0 Å². The van der Waals surface area contributed by atoms with E-state index in [1.165, 1.54) is 5.56 Å². The van der Waals surface area contributed by atoms with Crippen molar-refractivity contribution in [1.82, 2.24) is 5.32 Å². The van der Waals surface area contributed by atoms with E-state index in [0.29, 0.717) is 6.54 Å². The van der Waals surface area contributed by atoms with E-state index in [1.54, 1.807) is 6.92 Å². The summed E-state index contributed by atoms with van der Waals surface area (Å²) in [5.41, 5.74) is 1.19. The minimum absolute atomic E-state index is 0.0409. The summed E-state index contributed by atoms with van der Waals surface area (Å²) >= 11 is 0. The van der Waals surface area contributed by atoms with Gasteiger partial charge in [0.25, 0.3) is 0 Å². The molecule has 2 N–H and O–H groups in total. The van der Waals surface area contributed by atoms with Crippen LogP contribution in [-0.4, -0.2) is 29.8 Å². The van der Waals surface area contributed by atoms with E-state index in [0.717, 1.165) is 12.2 Å². The second-order valence-corrected chi connectivity index (χ2v) is 4.02. The summed E-state index contributed by atoms with van der Waals surface area (Å²) in [5, 5.41) is 11.7. The van der Waals surface area contributed by atoms with Crippen molar-refractivity contribution in [3.8, 4) is 5.75 Å². The van der Waals surface area contributed by atoms with Crippen molar-refractivity contribution in [3.63, 3.8) is 0 Å². The Hall–Kier alpha value is -1.55. The van der Waals surface area contributed by atoms with Gasteiger partial charge in [0.05, 0.1) is 0 Å². The molecule has 0 radical (unpaired) electrons.